The van der Waals surface area contributed by atoms with E-state index < -0.39 is 6.10 Å². The third kappa shape index (κ3) is 1.79. The summed E-state index contributed by atoms with van der Waals surface area (Å²) in [6.45, 7) is 0. The van der Waals surface area contributed by atoms with Crippen LogP contribution < -0.4 is 0 Å². The van der Waals surface area contributed by atoms with Crippen LogP contribution in [0.2, 0.25) is 0 Å². The zero-order valence-corrected chi connectivity index (χ0v) is 9.63. The first kappa shape index (κ1) is 10.3. The monoisotopic (exact) mass is 243 g/mol. The molecule has 0 aliphatic heterocycles. The van der Waals surface area contributed by atoms with Crippen LogP contribution in [0.25, 0.3) is 10.8 Å². The largest absolute Gasteiger partial charge is 0.382 e. The number of benzene rings is 1. The van der Waals surface area contributed by atoms with Gasteiger partial charge in [-0.2, -0.15) is 0 Å². The van der Waals surface area contributed by atoms with Crippen molar-refractivity contribution in [3.8, 4) is 0 Å². The number of nitrogens with zero attached hydrogens (tertiary/aromatic N) is 3. The molecule has 4 nitrogen and oxygen atoms in total. The molecule has 2 heterocycles. The maximum atomic E-state index is 10.3. The van der Waals surface area contributed by atoms with E-state index in [1.807, 2.05) is 24.3 Å². The molecule has 1 aromatic carbocycles. The highest BCUT2D eigenvalue weighted by atomic mass is 32.1. The Morgan fingerprint density at radius 3 is 3.00 bits per heavy atom. The fourth-order valence-electron chi connectivity index (χ4n) is 1.83. The molecule has 84 valence electrons. The van der Waals surface area contributed by atoms with Crippen LogP contribution in [-0.4, -0.2) is 19.7 Å². The van der Waals surface area contributed by atoms with Gasteiger partial charge < -0.3 is 5.11 Å². The Labute approximate surface area is 102 Å². The van der Waals surface area contributed by atoms with E-state index in [4.69, 9.17) is 0 Å². The lowest BCUT2D eigenvalue weighted by Gasteiger charge is -2.10. The summed E-state index contributed by atoms with van der Waals surface area (Å²) < 4.78 is 3.76. The Kier molecular flexibility index (Phi) is 2.55. The van der Waals surface area contributed by atoms with Gasteiger partial charge in [-0.15, -0.1) is 5.10 Å². The maximum absolute atomic E-state index is 10.3. The van der Waals surface area contributed by atoms with Crippen molar-refractivity contribution in [3.05, 3.63) is 53.3 Å². The van der Waals surface area contributed by atoms with Crippen LogP contribution in [-0.2, 0) is 0 Å². The van der Waals surface area contributed by atoms with Gasteiger partial charge in [-0.1, -0.05) is 22.7 Å². The van der Waals surface area contributed by atoms with E-state index in [-0.39, 0.29) is 0 Å². The predicted molar refractivity (Wildman–Crippen MR) is 65.7 cm³/mol. The third-order valence-corrected chi connectivity index (χ3v) is 3.19. The van der Waals surface area contributed by atoms with E-state index in [2.05, 4.69) is 14.6 Å². The van der Waals surface area contributed by atoms with Crippen molar-refractivity contribution in [1.82, 2.24) is 14.6 Å². The van der Waals surface area contributed by atoms with Crippen LogP contribution in [0.15, 0.2) is 42.0 Å². The summed E-state index contributed by atoms with van der Waals surface area (Å²) in [6.07, 6.45) is 2.75. The van der Waals surface area contributed by atoms with Crippen molar-refractivity contribution < 1.29 is 5.11 Å². The summed E-state index contributed by atoms with van der Waals surface area (Å²) in [5.41, 5.74) is 1.38. The molecule has 0 amide bonds. The standard InChI is InChI=1S/C12H9N3OS/c16-12(11-7-17-15-14-11)9-3-1-2-8-4-5-13-6-10(8)9/h1-7,12,16H. The molecule has 1 atom stereocenters. The van der Waals surface area contributed by atoms with E-state index in [1.165, 1.54) is 11.5 Å². The molecule has 0 fully saturated rings. The third-order valence-electron chi connectivity index (χ3n) is 2.67. The number of aliphatic hydroxyl groups excluding tert-OH is 1. The molecule has 3 rings (SSSR count). The number of fused-ring (bicyclic) bond motifs is 1. The molecule has 17 heavy (non-hydrogen) atoms. The first-order valence-corrected chi connectivity index (χ1v) is 5.97. The molecule has 1 N–H and O–H groups in total. The molecule has 2 aromatic heterocycles. The highest BCUT2D eigenvalue weighted by molar-refractivity contribution is 7.03. The highest BCUT2D eigenvalue weighted by Gasteiger charge is 2.15. The lowest BCUT2D eigenvalue weighted by Crippen LogP contribution is -2.01. The Morgan fingerprint density at radius 2 is 2.18 bits per heavy atom. The Hall–Kier alpha value is -1.85. The van der Waals surface area contributed by atoms with Crippen LogP contribution in [0.5, 0.6) is 0 Å². The quantitative estimate of drug-likeness (QED) is 0.749. The van der Waals surface area contributed by atoms with Gasteiger partial charge in [-0.05, 0) is 28.5 Å². The van der Waals surface area contributed by atoms with Gasteiger partial charge >= 0.3 is 0 Å². The van der Waals surface area contributed by atoms with E-state index in [9.17, 15) is 5.11 Å². The van der Waals surface area contributed by atoms with Gasteiger partial charge in [0.25, 0.3) is 0 Å². The molecule has 1 unspecified atom stereocenters. The average molecular weight is 243 g/mol. The summed E-state index contributed by atoms with van der Waals surface area (Å²) in [5.74, 6) is 0. The minimum Gasteiger partial charge on any atom is -0.382 e. The summed E-state index contributed by atoms with van der Waals surface area (Å²) in [5, 5.41) is 17.9. The molecular weight excluding hydrogens is 234 g/mol. The Morgan fingerprint density at radius 1 is 1.24 bits per heavy atom. The van der Waals surface area contributed by atoms with Crippen LogP contribution in [0, 0.1) is 0 Å². The van der Waals surface area contributed by atoms with E-state index in [0.717, 1.165) is 16.3 Å². The first-order chi connectivity index (χ1) is 8.36. The van der Waals surface area contributed by atoms with Gasteiger partial charge in [0.05, 0.1) is 0 Å². The normalized spacial score (nSPS) is 12.8. The van der Waals surface area contributed by atoms with Crippen LogP contribution >= 0.6 is 11.5 Å². The van der Waals surface area contributed by atoms with Crippen molar-refractivity contribution in [2.45, 2.75) is 6.10 Å². The van der Waals surface area contributed by atoms with Gasteiger partial charge in [-0.25, -0.2) is 0 Å². The van der Waals surface area contributed by atoms with Gasteiger partial charge in [-0.3, -0.25) is 4.98 Å². The number of rotatable bonds is 2. The fourth-order valence-corrected chi connectivity index (χ4v) is 2.30. The Balaban J connectivity index is 2.17. The number of aliphatic hydroxyl groups is 1. The predicted octanol–water partition coefficient (Wildman–Crippen LogP) is 2.17. The molecule has 0 saturated carbocycles. The van der Waals surface area contributed by atoms with Crippen molar-refractivity contribution in [2.75, 3.05) is 0 Å². The van der Waals surface area contributed by atoms with Crippen LogP contribution in [0.4, 0.5) is 0 Å². The second-order valence-corrected chi connectivity index (χ2v) is 4.29. The molecular formula is C12H9N3OS. The van der Waals surface area contributed by atoms with Crippen molar-refractivity contribution in [3.63, 3.8) is 0 Å². The molecule has 0 aliphatic carbocycles. The van der Waals surface area contributed by atoms with Crippen LogP contribution in [0.1, 0.15) is 17.4 Å². The molecule has 0 radical (unpaired) electrons. The number of aromatic nitrogens is 3. The van der Waals surface area contributed by atoms with Gasteiger partial charge in [0.1, 0.15) is 11.8 Å². The summed E-state index contributed by atoms with van der Waals surface area (Å²) in [6, 6.07) is 7.71. The molecule has 0 saturated heterocycles. The lowest BCUT2D eigenvalue weighted by atomic mass is 10.0. The highest BCUT2D eigenvalue weighted by Crippen LogP contribution is 2.27. The summed E-state index contributed by atoms with van der Waals surface area (Å²) >= 11 is 1.23. The van der Waals surface area contributed by atoms with E-state index in [0.29, 0.717) is 5.69 Å². The lowest BCUT2D eigenvalue weighted by molar-refractivity contribution is 0.217. The molecule has 0 bridgehead atoms. The van der Waals surface area contributed by atoms with Crippen LogP contribution in [0.3, 0.4) is 0 Å². The molecule has 0 aliphatic rings. The van der Waals surface area contributed by atoms with Crippen molar-refractivity contribution >= 4 is 22.3 Å². The summed E-state index contributed by atoms with van der Waals surface area (Å²) in [7, 11) is 0. The number of pyridine rings is 1. The van der Waals surface area contributed by atoms with Crippen molar-refractivity contribution in [1.29, 1.82) is 0 Å². The van der Waals surface area contributed by atoms with E-state index >= 15 is 0 Å². The second-order valence-electron chi connectivity index (χ2n) is 3.68. The molecule has 5 heteroatoms. The van der Waals surface area contributed by atoms with Gasteiger partial charge in [0, 0.05) is 23.2 Å². The maximum Gasteiger partial charge on any atom is 0.124 e. The zero-order valence-electron chi connectivity index (χ0n) is 8.82. The first-order valence-electron chi connectivity index (χ1n) is 5.14. The smallest absolute Gasteiger partial charge is 0.124 e. The summed E-state index contributed by atoms with van der Waals surface area (Å²) in [4.78, 5) is 4.09. The average Bonchev–Trinajstić information content (AvgIpc) is 2.91. The number of hydrogen-bond donors (Lipinski definition) is 1. The van der Waals surface area contributed by atoms with Gasteiger partial charge in [0.15, 0.2) is 0 Å². The minimum atomic E-state index is -0.748. The Bertz CT molecular complexity index is 634. The SMILES string of the molecule is OC(c1csnn1)c1cccc2ccncc12. The second kappa shape index (κ2) is 4.20. The van der Waals surface area contributed by atoms with E-state index in [1.54, 1.807) is 17.8 Å². The molecule has 0 spiro atoms. The topological polar surface area (TPSA) is 58.9 Å². The fraction of sp³-hybridized carbons (Fsp3) is 0.0833. The molecule has 3 aromatic rings. The van der Waals surface area contributed by atoms with Gasteiger partial charge in [0.2, 0.25) is 0 Å². The zero-order chi connectivity index (χ0) is 11.7. The van der Waals surface area contributed by atoms with Crippen molar-refractivity contribution in [2.24, 2.45) is 0 Å². The number of hydrogen-bond acceptors (Lipinski definition) is 5. The minimum absolute atomic E-state index is 0.575.